The highest BCUT2D eigenvalue weighted by atomic mass is 32.1. The summed E-state index contributed by atoms with van der Waals surface area (Å²) < 4.78 is 14.0. The van der Waals surface area contributed by atoms with Crippen molar-refractivity contribution in [2.24, 2.45) is 0 Å². The average molecular weight is 391 g/mol. The van der Waals surface area contributed by atoms with Gasteiger partial charge in [0.1, 0.15) is 16.4 Å². The highest BCUT2D eigenvalue weighted by Gasteiger charge is 2.15. The molecule has 7 heteroatoms. The van der Waals surface area contributed by atoms with Crippen LogP contribution >= 0.6 is 11.3 Å². The first-order valence-electron chi connectivity index (χ1n) is 8.42. The van der Waals surface area contributed by atoms with E-state index in [0.29, 0.717) is 27.5 Å². The Hall–Kier alpha value is -3.58. The first-order chi connectivity index (χ1) is 13.6. The summed E-state index contributed by atoms with van der Waals surface area (Å²) in [6.07, 6.45) is 1.46. The molecular formula is C21H14FN3O2S. The number of pyridine rings is 1. The second-order valence-corrected chi connectivity index (χ2v) is 6.79. The van der Waals surface area contributed by atoms with Crippen LogP contribution in [-0.4, -0.2) is 15.9 Å². The van der Waals surface area contributed by atoms with Crippen molar-refractivity contribution < 1.29 is 9.18 Å². The molecule has 0 radical (unpaired) electrons. The molecule has 1 amide bonds. The van der Waals surface area contributed by atoms with Crippen molar-refractivity contribution in [2.75, 3.05) is 5.32 Å². The number of benzene rings is 2. The van der Waals surface area contributed by atoms with E-state index in [0.717, 1.165) is 0 Å². The second kappa shape index (κ2) is 7.58. The number of thiazole rings is 1. The standard InChI is InChI=1S/C21H14FN3O2S/c22-16-9-3-1-6-13(16)21-25-18(12-28-21)14-7-2-4-10-17(14)24-20(27)15-8-5-11-23-19(15)26/h1-12H,(H,23,26)(H,24,27). The number of para-hydroxylation sites is 1. The lowest BCUT2D eigenvalue weighted by Crippen LogP contribution is -2.22. The van der Waals surface area contributed by atoms with Gasteiger partial charge < -0.3 is 10.3 Å². The normalized spacial score (nSPS) is 10.6. The number of nitrogens with one attached hydrogen (secondary N) is 2. The molecule has 0 fully saturated rings. The van der Waals surface area contributed by atoms with Gasteiger partial charge in [0.05, 0.1) is 11.4 Å². The van der Waals surface area contributed by atoms with Crippen molar-refractivity contribution in [3.8, 4) is 21.8 Å². The van der Waals surface area contributed by atoms with Crippen LogP contribution in [-0.2, 0) is 0 Å². The maximum atomic E-state index is 14.0. The third kappa shape index (κ3) is 3.47. The Kier molecular flexibility index (Phi) is 4.82. The second-order valence-electron chi connectivity index (χ2n) is 5.93. The topological polar surface area (TPSA) is 74.8 Å². The van der Waals surface area contributed by atoms with E-state index in [1.807, 2.05) is 17.5 Å². The Morgan fingerprint density at radius 1 is 1.00 bits per heavy atom. The SMILES string of the molecule is O=C(Nc1ccccc1-c1csc(-c2ccccc2F)n1)c1ccc[nH]c1=O. The average Bonchev–Trinajstić information content (AvgIpc) is 3.19. The minimum absolute atomic E-state index is 0.0163. The maximum Gasteiger partial charge on any atom is 0.261 e. The number of amides is 1. The predicted octanol–water partition coefficient (Wildman–Crippen LogP) is 4.56. The Bertz CT molecular complexity index is 1220. The van der Waals surface area contributed by atoms with Gasteiger partial charge in [0.2, 0.25) is 0 Å². The van der Waals surface area contributed by atoms with Crippen molar-refractivity contribution >= 4 is 22.9 Å². The molecule has 28 heavy (non-hydrogen) atoms. The number of hydrogen-bond acceptors (Lipinski definition) is 4. The summed E-state index contributed by atoms with van der Waals surface area (Å²) in [4.78, 5) is 31.3. The molecule has 0 atom stereocenters. The summed E-state index contributed by atoms with van der Waals surface area (Å²) in [6.45, 7) is 0. The van der Waals surface area contributed by atoms with Gasteiger partial charge in [-0.05, 0) is 30.3 Å². The highest BCUT2D eigenvalue weighted by Crippen LogP contribution is 2.33. The minimum Gasteiger partial charge on any atom is -0.328 e. The van der Waals surface area contributed by atoms with Crippen LogP contribution in [0.15, 0.2) is 77.0 Å². The van der Waals surface area contributed by atoms with Gasteiger partial charge in [0.25, 0.3) is 11.5 Å². The Balaban J connectivity index is 1.68. The summed E-state index contributed by atoms with van der Waals surface area (Å²) in [5.41, 5.74) is 1.79. The number of nitrogens with zero attached hydrogens (tertiary/aromatic N) is 1. The number of aromatic nitrogens is 2. The molecule has 0 aliphatic rings. The zero-order chi connectivity index (χ0) is 19.5. The molecule has 0 aliphatic heterocycles. The molecule has 0 saturated carbocycles. The van der Waals surface area contributed by atoms with Gasteiger partial charge >= 0.3 is 0 Å². The molecule has 2 aromatic heterocycles. The molecule has 0 unspecified atom stereocenters. The fourth-order valence-electron chi connectivity index (χ4n) is 2.76. The molecule has 0 bridgehead atoms. The summed E-state index contributed by atoms with van der Waals surface area (Å²) in [6, 6.07) is 16.6. The third-order valence-electron chi connectivity index (χ3n) is 4.12. The maximum absolute atomic E-state index is 14.0. The lowest BCUT2D eigenvalue weighted by Gasteiger charge is -2.09. The smallest absolute Gasteiger partial charge is 0.261 e. The predicted molar refractivity (Wildman–Crippen MR) is 108 cm³/mol. The Labute approximate surface area is 163 Å². The van der Waals surface area contributed by atoms with E-state index in [1.54, 1.807) is 36.4 Å². The molecule has 0 aliphatic carbocycles. The minimum atomic E-state index is -0.515. The number of aromatic amines is 1. The van der Waals surface area contributed by atoms with Crippen LogP contribution in [0.2, 0.25) is 0 Å². The molecule has 0 saturated heterocycles. The third-order valence-corrected chi connectivity index (χ3v) is 5.00. The fraction of sp³-hybridized carbons (Fsp3) is 0. The van der Waals surface area contributed by atoms with Crippen LogP contribution < -0.4 is 10.9 Å². The molecular weight excluding hydrogens is 377 g/mol. The summed E-state index contributed by atoms with van der Waals surface area (Å²) in [5.74, 6) is -0.854. The van der Waals surface area contributed by atoms with Crippen molar-refractivity contribution in [3.05, 3.63) is 94.0 Å². The van der Waals surface area contributed by atoms with Gasteiger partial charge in [0.15, 0.2) is 0 Å². The number of anilines is 1. The van der Waals surface area contributed by atoms with Crippen LogP contribution in [0, 0.1) is 5.82 Å². The lowest BCUT2D eigenvalue weighted by atomic mass is 10.1. The van der Waals surface area contributed by atoms with E-state index < -0.39 is 11.5 Å². The molecule has 2 N–H and O–H groups in total. The van der Waals surface area contributed by atoms with Crippen LogP contribution in [0.1, 0.15) is 10.4 Å². The molecule has 0 spiro atoms. The van der Waals surface area contributed by atoms with Crippen molar-refractivity contribution in [2.45, 2.75) is 0 Å². The van der Waals surface area contributed by atoms with Crippen LogP contribution in [0.25, 0.3) is 21.8 Å². The van der Waals surface area contributed by atoms with Crippen LogP contribution in [0.4, 0.5) is 10.1 Å². The zero-order valence-electron chi connectivity index (χ0n) is 14.5. The quantitative estimate of drug-likeness (QED) is 0.536. The monoisotopic (exact) mass is 391 g/mol. The largest absolute Gasteiger partial charge is 0.328 e. The van der Waals surface area contributed by atoms with Crippen LogP contribution in [0.3, 0.4) is 0 Å². The van der Waals surface area contributed by atoms with Gasteiger partial charge in [0, 0.05) is 22.7 Å². The summed E-state index contributed by atoms with van der Waals surface area (Å²) in [7, 11) is 0. The summed E-state index contributed by atoms with van der Waals surface area (Å²) in [5, 5.41) is 5.12. The van der Waals surface area contributed by atoms with Crippen molar-refractivity contribution in [1.29, 1.82) is 0 Å². The molecule has 4 aromatic rings. The van der Waals surface area contributed by atoms with E-state index in [9.17, 15) is 14.0 Å². The van der Waals surface area contributed by atoms with E-state index in [4.69, 9.17) is 0 Å². The van der Waals surface area contributed by atoms with E-state index >= 15 is 0 Å². The van der Waals surface area contributed by atoms with Crippen molar-refractivity contribution in [1.82, 2.24) is 9.97 Å². The van der Waals surface area contributed by atoms with Gasteiger partial charge in [-0.2, -0.15) is 0 Å². The van der Waals surface area contributed by atoms with Crippen molar-refractivity contribution in [3.63, 3.8) is 0 Å². The molecule has 138 valence electrons. The number of carbonyl (C=O) groups is 1. The number of hydrogen-bond donors (Lipinski definition) is 2. The van der Waals surface area contributed by atoms with Gasteiger partial charge in [-0.15, -0.1) is 11.3 Å². The zero-order valence-corrected chi connectivity index (χ0v) is 15.3. The number of rotatable bonds is 4. The Morgan fingerprint density at radius 2 is 1.75 bits per heavy atom. The molecule has 4 rings (SSSR count). The van der Waals surface area contributed by atoms with Gasteiger partial charge in [-0.1, -0.05) is 30.3 Å². The first-order valence-corrected chi connectivity index (χ1v) is 9.30. The molecule has 5 nitrogen and oxygen atoms in total. The fourth-order valence-corrected chi connectivity index (χ4v) is 3.61. The van der Waals surface area contributed by atoms with Crippen LogP contribution in [0.5, 0.6) is 0 Å². The molecule has 2 heterocycles. The van der Waals surface area contributed by atoms with E-state index in [-0.39, 0.29) is 11.4 Å². The summed E-state index contributed by atoms with van der Waals surface area (Å²) >= 11 is 1.32. The number of carbonyl (C=O) groups excluding carboxylic acids is 1. The van der Waals surface area contributed by atoms with E-state index in [2.05, 4.69) is 15.3 Å². The number of halogens is 1. The lowest BCUT2D eigenvalue weighted by molar-refractivity contribution is 0.102. The van der Waals surface area contributed by atoms with Gasteiger partial charge in [-0.3, -0.25) is 9.59 Å². The van der Waals surface area contributed by atoms with E-state index in [1.165, 1.54) is 29.7 Å². The molecule has 2 aromatic carbocycles. The highest BCUT2D eigenvalue weighted by molar-refractivity contribution is 7.13. The first kappa shape index (κ1) is 17.8. The Morgan fingerprint density at radius 3 is 2.54 bits per heavy atom. The van der Waals surface area contributed by atoms with Gasteiger partial charge in [-0.25, -0.2) is 9.37 Å². The number of H-pyrrole nitrogens is 1.